The monoisotopic (exact) mass is 329 g/mol. The van der Waals surface area contributed by atoms with Crippen molar-refractivity contribution in [3.05, 3.63) is 34.5 Å². The fourth-order valence-electron chi connectivity index (χ4n) is 1.76. The van der Waals surface area contributed by atoms with Gasteiger partial charge >= 0.3 is 0 Å². The van der Waals surface area contributed by atoms with E-state index in [9.17, 15) is 8.42 Å². The summed E-state index contributed by atoms with van der Waals surface area (Å²) in [6.07, 6.45) is 0.829. The molecule has 21 heavy (non-hydrogen) atoms. The highest BCUT2D eigenvalue weighted by Crippen LogP contribution is 2.22. The number of nitrogens with zero attached hydrogens (tertiary/aromatic N) is 1. The van der Waals surface area contributed by atoms with Gasteiger partial charge in [0.1, 0.15) is 4.21 Å². The average molecular weight is 329 g/mol. The van der Waals surface area contributed by atoms with E-state index in [4.69, 9.17) is 4.52 Å². The van der Waals surface area contributed by atoms with Gasteiger partial charge in [-0.1, -0.05) is 12.1 Å². The van der Waals surface area contributed by atoms with Gasteiger partial charge in [-0.15, -0.1) is 11.3 Å². The lowest BCUT2D eigenvalue weighted by Gasteiger charge is -2.02. The molecular weight excluding hydrogens is 310 g/mol. The number of nitrogens with one attached hydrogen (secondary N) is 2. The van der Waals surface area contributed by atoms with Crippen molar-refractivity contribution in [1.82, 2.24) is 15.2 Å². The average Bonchev–Trinajstić information content (AvgIpc) is 3.06. The number of sulfonamides is 1. The lowest BCUT2D eigenvalue weighted by molar-refractivity contribution is 0.377. The van der Waals surface area contributed by atoms with Crippen LogP contribution in [0.2, 0.25) is 0 Å². The van der Waals surface area contributed by atoms with Crippen LogP contribution in [0.5, 0.6) is 0 Å². The van der Waals surface area contributed by atoms with Crippen LogP contribution < -0.4 is 10.0 Å². The molecule has 0 aromatic carbocycles. The van der Waals surface area contributed by atoms with Crippen molar-refractivity contribution in [2.75, 3.05) is 13.1 Å². The Morgan fingerprint density at radius 3 is 2.86 bits per heavy atom. The fourth-order valence-corrected chi connectivity index (χ4v) is 4.16. The normalized spacial score (nSPS) is 11.9. The van der Waals surface area contributed by atoms with Gasteiger partial charge in [0.2, 0.25) is 10.0 Å². The summed E-state index contributed by atoms with van der Waals surface area (Å²) in [6, 6.07) is 5.20. The molecule has 2 rings (SSSR count). The number of likely N-dealkylation sites (N-methyl/N-ethyl adjacent to an activating group) is 1. The Morgan fingerprint density at radius 2 is 2.19 bits per heavy atom. The molecule has 2 aromatic heterocycles. The van der Waals surface area contributed by atoms with Crippen LogP contribution in [0, 0.1) is 6.92 Å². The summed E-state index contributed by atoms with van der Waals surface area (Å²) in [6.45, 7) is 5.70. The van der Waals surface area contributed by atoms with E-state index < -0.39 is 10.0 Å². The Morgan fingerprint density at radius 1 is 1.38 bits per heavy atom. The molecule has 0 saturated heterocycles. The van der Waals surface area contributed by atoms with Crippen LogP contribution in [0.25, 0.3) is 0 Å². The van der Waals surface area contributed by atoms with Gasteiger partial charge in [-0.3, -0.25) is 0 Å². The fraction of sp³-hybridized carbons (Fsp3) is 0.462. The lowest BCUT2D eigenvalue weighted by Crippen LogP contribution is -2.22. The number of aromatic nitrogens is 1. The number of aryl methyl sites for hydroxylation is 1. The summed E-state index contributed by atoms with van der Waals surface area (Å²) in [5.41, 5.74) is 0.728. The van der Waals surface area contributed by atoms with Crippen molar-refractivity contribution < 1.29 is 12.9 Å². The number of hydrogen-bond donors (Lipinski definition) is 2. The molecule has 0 saturated carbocycles. The minimum atomic E-state index is -3.50. The maximum Gasteiger partial charge on any atom is 0.250 e. The quantitative estimate of drug-likeness (QED) is 0.720. The van der Waals surface area contributed by atoms with Gasteiger partial charge in [0.25, 0.3) is 0 Å². The van der Waals surface area contributed by atoms with Crippen LogP contribution in [0.15, 0.2) is 26.9 Å². The van der Waals surface area contributed by atoms with Crippen molar-refractivity contribution in [1.29, 1.82) is 0 Å². The minimum absolute atomic E-state index is 0.105. The number of thiophene rings is 1. The minimum Gasteiger partial charge on any atom is -0.360 e. The van der Waals surface area contributed by atoms with Crippen molar-refractivity contribution in [3.63, 3.8) is 0 Å². The second-order valence-electron chi connectivity index (χ2n) is 4.58. The number of rotatable bonds is 8. The summed E-state index contributed by atoms with van der Waals surface area (Å²) < 4.78 is 32.2. The van der Waals surface area contributed by atoms with E-state index >= 15 is 0 Å². The van der Waals surface area contributed by atoms with Gasteiger partial charge in [-0.05, 0) is 38.6 Å². The zero-order chi connectivity index (χ0) is 15.3. The van der Waals surface area contributed by atoms with E-state index in [1.165, 1.54) is 11.3 Å². The van der Waals surface area contributed by atoms with E-state index in [0.29, 0.717) is 9.97 Å². The molecule has 0 bridgehead atoms. The van der Waals surface area contributed by atoms with Crippen LogP contribution in [-0.2, 0) is 23.0 Å². The third-order valence-corrected chi connectivity index (χ3v) is 5.85. The Bertz CT molecular complexity index is 676. The summed E-state index contributed by atoms with van der Waals surface area (Å²) in [5, 5.41) is 6.94. The van der Waals surface area contributed by atoms with Gasteiger partial charge in [0, 0.05) is 10.9 Å². The Labute approximate surface area is 128 Å². The first-order valence-corrected chi connectivity index (χ1v) is 9.02. The molecule has 6 nitrogen and oxygen atoms in total. The maximum atomic E-state index is 12.2. The first-order valence-electron chi connectivity index (χ1n) is 6.72. The third-order valence-electron chi connectivity index (χ3n) is 2.81. The molecule has 0 unspecified atom stereocenters. The van der Waals surface area contributed by atoms with Gasteiger partial charge in [-0.2, -0.15) is 0 Å². The molecule has 0 amide bonds. The predicted molar refractivity (Wildman–Crippen MR) is 81.8 cm³/mol. The summed E-state index contributed by atoms with van der Waals surface area (Å²) in [7, 11) is -3.50. The smallest absolute Gasteiger partial charge is 0.250 e. The largest absolute Gasteiger partial charge is 0.360 e. The lowest BCUT2D eigenvalue weighted by atomic mass is 10.3. The molecule has 0 aliphatic carbocycles. The first-order chi connectivity index (χ1) is 10.0. The maximum absolute atomic E-state index is 12.2. The van der Waals surface area contributed by atoms with Crippen molar-refractivity contribution in [3.8, 4) is 0 Å². The molecule has 0 aliphatic heterocycles. The standard InChI is InChI=1S/C13H19N3O3S2/c1-3-14-7-6-12-4-5-13(20-12)21(17,18)15-9-11-8-10(2)16-19-11/h4-5,8,14-15H,3,6-7,9H2,1-2H3. The van der Waals surface area contributed by atoms with Crippen molar-refractivity contribution >= 4 is 21.4 Å². The van der Waals surface area contributed by atoms with Crippen LogP contribution >= 0.6 is 11.3 Å². The van der Waals surface area contributed by atoms with Gasteiger partial charge in [0.05, 0.1) is 12.2 Å². The van der Waals surface area contributed by atoms with E-state index in [1.807, 2.05) is 13.0 Å². The van der Waals surface area contributed by atoms with Crippen molar-refractivity contribution in [2.24, 2.45) is 0 Å². The molecule has 0 fully saturated rings. The predicted octanol–water partition coefficient (Wildman–Crippen LogP) is 1.68. The molecule has 2 aromatic rings. The molecule has 2 N–H and O–H groups in total. The topological polar surface area (TPSA) is 84.2 Å². The van der Waals surface area contributed by atoms with Gasteiger partial charge in [-0.25, -0.2) is 13.1 Å². The molecule has 8 heteroatoms. The zero-order valence-corrected chi connectivity index (χ0v) is 13.7. The number of hydrogen-bond acceptors (Lipinski definition) is 6. The van der Waals surface area contributed by atoms with E-state index in [1.54, 1.807) is 19.1 Å². The van der Waals surface area contributed by atoms with Crippen LogP contribution in [0.3, 0.4) is 0 Å². The highest BCUT2D eigenvalue weighted by atomic mass is 32.2. The van der Waals surface area contributed by atoms with Crippen LogP contribution in [-0.4, -0.2) is 26.7 Å². The highest BCUT2D eigenvalue weighted by molar-refractivity contribution is 7.91. The molecule has 116 valence electrons. The van der Waals surface area contributed by atoms with Gasteiger partial charge < -0.3 is 9.84 Å². The summed E-state index contributed by atoms with van der Waals surface area (Å²) >= 11 is 1.29. The molecular formula is C13H19N3O3S2. The second kappa shape index (κ2) is 7.17. The molecule has 0 aliphatic rings. The van der Waals surface area contributed by atoms with Crippen LogP contribution in [0.4, 0.5) is 0 Å². The highest BCUT2D eigenvalue weighted by Gasteiger charge is 2.17. The van der Waals surface area contributed by atoms with Crippen molar-refractivity contribution in [2.45, 2.75) is 31.0 Å². The third kappa shape index (κ3) is 4.63. The summed E-state index contributed by atoms with van der Waals surface area (Å²) in [5.74, 6) is 0.500. The second-order valence-corrected chi connectivity index (χ2v) is 7.75. The van der Waals surface area contributed by atoms with E-state index in [-0.39, 0.29) is 6.54 Å². The SMILES string of the molecule is CCNCCc1ccc(S(=O)(=O)NCc2cc(C)no2)s1. The van der Waals surface area contributed by atoms with E-state index in [2.05, 4.69) is 15.2 Å². The molecule has 0 atom stereocenters. The zero-order valence-electron chi connectivity index (χ0n) is 12.0. The summed E-state index contributed by atoms with van der Waals surface area (Å²) in [4.78, 5) is 1.05. The Balaban J connectivity index is 1.95. The van der Waals surface area contributed by atoms with Gasteiger partial charge in [0.15, 0.2) is 5.76 Å². The Kier molecular flexibility index (Phi) is 5.51. The van der Waals surface area contributed by atoms with E-state index in [0.717, 1.165) is 30.1 Å². The molecule has 0 radical (unpaired) electrons. The molecule has 0 spiro atoms. The Hall–Kier alpha value is -1.22. The first kappa shape index (κ1) is 16.2. The molecule has 2 heterocycles. The van der Waals surface area contributed by atoms with Crippen LogP contribution in [0.1, 0.15) is 23.3 Å².